The van der Waals surface area contributed by atoms with Crippen molar-refractivity contribution in [2.45, 2.75) is 39.0 Å². The molecule has 1 aromatic rings. The van der Waals surface area contributed by atoms with Gasteiger partial charge in [-0.05, 0) is 31.4 Å². The highest BCUT2D eigenvalue weighted by Gasteiger charge is 2.27. The van der Waals surface area contributed by atoms with Crippen LogP contribution in [0.15, 0.2) is 24.3 Å². The fourth-order valence-corrected chi connectivity index (χ4v) is 2.15. The number of nitrogens with zero attached hydrogens (tertiary/aromatic N) is 1. The Morgan fingerprint density at radius 3 is 2.58 bits per heavy atom. The Kier molecular flexibility index (Phi) is 5.76. The van der Waals surface area contributed by atoms with Crippen molar-refractivity contribution < 1.29 is 19.0 Å². The molecule has 0 aliphatic heterocycles. The van der Waals surface area contributed by atoms with Crippen molar-refractivity contribution in [3.05, 3.63) is 35.6 Å². The van der Waals surface area contributed by atoms with Gasteiger partial charge >= 0.3 is 6.09 Å². The van der Waals surface area contributed by atoms with Crippen LogP contribution in [0.1, 0.15) is 25.8 Å². The molecule has 106 valence electrons. The smallest absolute Gasteiger partial charge is 0.409 e. The molecule has 0 aliphatic carbocycles. The zero-order valence-corrected chi connectivity index (χ0v) is 11.5. The molecule has 0 bridgehead atoms. The lowest BCUT2D eigenvalue weighted by molar-refractivity contribution is -0.0398. The molecule has 1 aromatic carbocycles. The van der Waals surface area contributed by atoms with E-state index in [1.807, 2.05) is 6.92 Å². The van der Waals surface area contributed by atoms with E-state index in [0.717, 1.165) is 0 Å². The van der Waals surface area contributed by atoms with E-state index in [0.29, 0.717) is 18.4 Å². The van der Waals surface area contributed by atoms with Crippen molar-refractivity contribution in [3.8, 4) is 0 Å². The molecule has 1 amide bonds. The number of carboxylic acid groups (broad SMARTS) is 1. The lowest BCUT2D eigenvalue weighted by Gasteiger charge is -2.32. The van der Waals surface area contributed by atoms with Crippen molar-refractivity contribution in [2.75, 3.05) is 7.11 Å². The van der Waals surface area contributed by atoms with E-state index in [9.17, 15) is 14.3 Å². The van der Waals surface area contributed by atoms with Crippen LogP contribution in [0.3, 0.4) is 0 Å². The molecule has 0 saturated heterocycles. The maximum atomic E-state index is 13.6. The zero-order chi connectivity index (χ0) is 14.4. The number of hydrogen-bond donors (Lipinski definition) is 1. The molecule has 0 spiro atoms. The number of benzene rings is 1. The lowest BCUT2D eigenvalue weighted by atomic mass is 10.1. The van der Waals surface area contributed by atoms with Crippen LogP contribution < -0.4 is 0 Å². The minimum absolute atomic E-state index is 0.315. The molecule has 0 aromatic heterocycles. The summed E-state index contributed by atoms with van der Waals surface area (Å²) in [6.07, 6.45) is -0.708. The second-order valence-corrected chi connectivity index (χ2v) is 4.43. The highest BCUT2D eigenvalue weighted by Crippen LogP contribution is 2.16. The average Bonchev–Trinajstić information content (AvgIpc) is 2.37. The summed E-state index contributed by atoms with van der Waals surface area (Å²) in [4.78, 5) is 12.6. The normalized spacial score (nSPS) is 13.9. The summed E-state index contributed by atoms with van der Waals surface area (Å²) >= 11 is 0. The second kappa shape index (κ2) is 7.09. The van der Waals surface area contributed by atoms with Gasteiger partial charge in [0.15, 0.2) is 0 Å². The minimum Gasteiger partial charge on any atom is -0.465 e. The summed E-state index contributed by atoms with van der Waals surface area (Å²) in [6.45, 7) is 3.60. The molecule has 19 heavy (non-hydrogen) atoms. The predicted molar refractivity (Wildman–Crippen MR) is 70.5 cm³/mol. The number of hydrogen-bond acceptors (Lipinski definition) is 2. The molecule has 0 aliphatic rings. The van der Waals surface area contributed by atoms with Crippen LogP contribution in [-0.4, -0.2) is 35.5 Å². The molecule has 0 heterocycles. The van der Waals surface area contributed by atoms with Crippen molar-refractivity contribution in [2.24, 2.45) is 0 Å². The Balaban J connectivity index is 2.86. The van der Waals surface area contributed by atoms with Crippen molar-refractivity contribution in [3.63, 3.8) is 0 Å². The van der Waals surface area contributed by atoms with Crippen LogP contribution in [0.25, 0.3) is 0 Å². The monoisotopic (exact) mass is 269 g/mol. The van der Waals surface area contributed by atoms with Crippen LogP contribution >= 0.6 is 0 Å². The van der Waals surface area contributed by atoms with Crippen LogP contribution in [0.4, 0.5) is 9.18 Å². The number of methoxy groups -OCH3 is 1. The summed E-state index contributed by atoms with van der Waals surface area (Å²) in [6, 6.07) is 6.03. The Morgan fingerprint density at radius 2 is 2.11 bits per heavy atom. The number of amides is 1. The standard InChI is InChI=1S/C14H20FNO3/c1-4-13(19-3)16(14(17)18)10(2)9-11-7-5-6-8-12(11)15/h5-8,10,13H,4,9H2,1-3H3,(H,17,18)/t10-,13-/m0/s1. The van der Waals surface area contributed by atoms with E-state index in [-0.39, 0.29) is 11.9 Å². The van der Waals surface area contributed by atoms with Crippen LogP contribution in [-0.2, 0) is 11.2 Å². The third-order valence-corrected chi connectivity index (χ3v) is 3.10. The van der Waals surface area contributed by atoms with Gasteiger partial charge in [-0.25, -0.2) is 9.18 Å². The fraction of sp³-hybridized carbons (Fsp3) is 0.500. The molecule has 0 saturated carbocycles. The van der Waals surface area contributed by atoms with E-state index < -0.39 is 12.3 Å². The van der Waals surface area contributed by atoms with Gasteiger partial charge in [0.25, 0.3) is 0 Å². The highest BCUT2D eigenvalue weighted by atomic mass is 19.1. The van der Waals surface area contributed by atoms with Gasteiger partial charge in [0.05, 0.1) is 0 Å². The molecule has 1 rings (SSSR count). The second-order valence-electron chi connectivity index (χ2n) is 4.43. The first kappa shape index (κ1) is 15.4. The van der Waals surface area contributed by atoms with Gasteiger partial charge in [-0.2, -0.15) is 0 Å². The van der Waals surface area contributed by atoms with Crippen molar-refractivity contribution >= 4 is 6.09 Å². The molecule has 1 N–H and O–H groups in total. The van der Waals surface area contributed by atoms with Crippen molar-refractivity contribution in [1.29, 1.82) is 0 Å². The molecule has 0 radical (unpaired) electrons. The first-order valence-electron chi connectivity index (χ1n) is 6.28. The molecule has 0 unspecified atom stereocenters. The number of halogens is 1. The maximum absolute atomic E-state index is 13.6. The lowest BCUT2D eigenvalue weighted by Crippen LogP contribution is -2.47. The van der Waals surface area contributed by atoms with Crippen LogP contribution in [0.5, 0.6) is 0 Å². The van der Waals surface area contributed by atoms with Gasteiger partial charge in [-0.3, -0.25) is 4.90 Å². The Labute approximate surface area is 112 Å². The first-order chi connectivity index (χ1) is 9.01. The van der Waals surface area contributed by atoms with Gasteiger partial charge in [0.1, 0.15) is 12.0 Å². The van der Waals surface area contributed by atoms with Gasteiger partial charge in [-0.15, -0.1) is 0 Å². The molecule has 4 nitrogen and oxygen atoms in total. The highest BCUT2D eigenvalue weighted by molar-refractivity contribution is 5.65. The van der Waals surface area contributed by atoms with Gasteiger partial charge in [-0.1, -0.05) is 25.1 Å². The summed E-state index contributed by atoms with van der Waals surface area (Å²) in [5.41, 5.74) is 0.507. The molecule has 2 atom stereocenters. The molecule has 5 heteroatoms. The quantitative estimate of drug-likeness (QED) is 0.807. The van der Waals surface area contributed by atoms with E-state index >= 15 is 0 Å². The van der Waals surface area contributed by atoms with Gasteiger partial charge < -0.3 is 9.84 Å². The Morgan fingerprint density at radius 1 is 1.47 bits per heavy atom. The number of ether oxygens (including phenoxy) is 1. The first-order valence-corrected chi connectivity index (χ1v) is 6.28. The predicted octanol–water partition coefficient (Wildman–Crippen LogP) is 3.12. The average molecular weight is 269 g/mol. The topological polar surface area (TPSA) is 49.8 Å². The fourth-order valence-electron chi connectivity index (χ4n) is 2.15. The summed E-state index contributed by atoms with van der Waals surface area (Å²) in [7, 11) is 1.47. The molecule has 0 fully saturated rings. The van der Waals surface area contributed by atoms with Crippen LogP contribution in [0.2, 0.25) is 0 Å². The van der Waals surface area contributed by atoms with E-state index in [1.165, 1.54) is 18.1 Å². The van der Waals surface area contributed by atoms with E-state index in [4.69, 9.17) is 4.74 Å². The number of carbonyl (C=O) groups is 1. The third-order valence-electron chi connectivity index (χ3n) is 3.10. The van der Waals surface area contributed by atoms with Crippen molar-refractivity contribution in [1.82, 2.24) is 4.90 Å². The summed E-state index contributed by atoms with van der Waals surface area (Å²) in [5, 5.41) is 9.28. The van der Waals surface area contributed by atoms with E-state index in [2.05, 4.69) is 0 Å². The van der Waals surface area contributed by atoms with Crippen LogP contribution in [0, 0.1) is 5.82 Å². The Bertz CT molecular complexity index is 421. The zero-order valence-electron chi connectivity index (χ0n) is 11.5. The third kappa shape index (κ3) is 3.92. The SMILES string of the molecule is CC[C@H](OC)N(C(=O)O)[C@@H](C)Cc1ccccc1F. The Hall–Kier alpha value is -1.62. The molecular formula is C14H20FNO3. The molecular weight excluding hydrogens is 249 g/mol. The van der Waals surface area contributed by atoms with E-state index in [1.54, 1.807) is 25.1 Å². The minimum atomic E-state index is -1.06. The largest absolute Gasteiger partial charge is 0.465 e. The van der Waals surface area contributed by atoms with Gasteiger partial charge in [0, 0.05) is 13.2 Å². The summed E-state index contributed by atoms with van der Waals surface area (Å²) in [5.74, 6) is -0.315. The van der Waals surface area contributed by atoms with Gasteiger partial charge in [0.2, 0.25) is 0 Å². The number of rotatable bonds is 6. The maximum Gasteiger partial charge on any atom is 0.409 e. The summed E-state index contributed by atoms with van der Waals surface area (Å²) < 4.78 is 18.7.